The molecule has 0 spiro atoms. The summed E-state index contributed by atoms with van der Waals surface area (Å²) in [6, 6.07) is 0. The van der Waals surface area contributed by atoms with Gasteiger partial charge in [-0.25, -0.2) is 0 Å². The van der Waals surface area contributed by atoms with Gasteiger partial charge < -0.3 is 9.05 Å². The second-order valence-electron chi connectivity index (χ2n) is 1.97. The lowest BCUT2D eigenvalue weighted by Gasteiger charge is -2.12. The van der Waals surface area contributed by atoms with Gasteiger partial charge in [-0.3, -0.25) is 4.57 Å². The largest absolute Gasteiger partial charge is 0.353 e. The molecule has 0 aliphatic carbocycles. The van der Waals surface area contributed by atoms with E-state index in [0.717, 1.165) is 6.42 Å². The highest BCUT2D eigenvalue weighted by Crippen LogP contribution is 2.48. The summed E-state index contributed by atoms with van der Waals surface area (Å²) in [7, 11) is -2.95. The third-order valence-corrected chi connectivity index (χ3v) is 2.62. The first-order valence-electron chi connectivity index (χ1n) is 3.71. The third-order valence-electron chi connectivity index (χ3n) is 1.01. The van der Waals surface area contributed by atoms with E-state index in [0.29, 0.717) is 13.2 Å². The van der Waals surface area contributed by atoms with Gasteiger partial charge in [0, 0.05) is 5.82 Å². The van der Waals surface area contributed by atoms with E-state index in [4.69, 9.17) is 9.05 Å². The van der Waals surface area contributed by atoms with Crippen LogP contribution in [0.15, 0.2) is 12.4 Å². The second-order valence-corrected chi connectivity index (χ2v) is 3.93. The van der Waals surface area contributed by atoms with E-state index in [1.165, 1.54) is 5.82 Å². The maximum absolute atomic E-state index is 11.4. The zero-order valence-electron chi connectivity index (χ0n) is 7.08. The van der Waals surface area contributed by atoms with Crippen LogP contribution in [0.4, 0.5) is 0 Å². The number of hydrogen-bond donors (Lipinski definition) is 0. The van der Waals surface area contributed by atoms with E-state index in [-0.39, 0.29) is 0 Å². The molecule has 0 amide bonds. The van der Waals surface area contributed by atoms with Crippen LogP contribution in [-0.4, -0.2) is 13.2 Å². The second kappa shape index (κ2) is 5.53. The molecular formula is C7H15O3P. The molecule has 0 rings (SSSR count). The van der Waals surface area contributed by atoms with Crippen LogP contribution in [0.1, 0.15) is 20.3 Å². The summed E-state index contributed by atoms with van der Waals surface area (Å²) in [6.07, 6.45) is 0.824. The molecule has 0 aromatic heterocycles. The predicted octanol–water partition coefficient (Wildman–Crippen LogP) is 2.79. The van der Waals surface area contributed by atoms with Crippen LogP contribution in [-0.2, 0) is 13.6 Å². The average Bonchev–Trinajstić information content (AvgIpc) is 2.02. The van der Waals surface area contributed by atoms with Crippen LogP contribution in [0.3, 0.4) is 0 Å². The molecule has 0 saturated carbocycles. The zero-order chi connectivity index (χ0) is 8.74. The normalized spacial score (nSPS) is 15.8. The molecule has 1 atom stereocenters. The molecule has 3 nitrogen and oxygen atoms in total. The van der Waals surface area contributed by atoms with E-state index >= 15 is 0 Å². The maximum atomic E-state index is 11.4. The van der Waals surface area contributed by atoms with Crippen molar-refractivity contribution in [3.05, 3.63) is 12.4 Å². The molecule has 0 aromatic rings. The summed E-state index contributed by atoms with van der Waals surface area (Å²) in [6.45, 7) is 7.93. The predicted molar refractivity (Wildman–Crippen MR) is 45.7 cm³/mol. The molecule has 11 heavy (non-hydrogen) atoms. The molecule has 4 heteroatoms. The summed E-state index contributed by atoms with van der Waals surface area (Å²) in [5.41, 5.74) is 0. The van der Waals surface area contributed by atoms with Gasteiger partial charge in [0.15, 0.2) is 0 Å². The van der Waals surface area contributed by atoms with Crippen LogP contribution in [0.5, 0.6) is 0 Å². The first kappa shape index (κ1) is 10.9. The van der Waals surface area contributed by atoms with Crippen molar-refractivity contribution in [3.63, 3.8) is 0 Å². The monoisotopic (exact) mass is 178 g/mol. The number of hydrogen-bond acceptors (Lipinski definition) is 3. The first-order valence-corrected chi connectivity index (χ1v) is 5.32. The van der Waals surface area contributed by atoms with E-state index in [2.05, 4.69) is 6.58 Å². The van der Waals surface area contributed by atoms with Crippen molar-refractivity contribution in [2.45, 2.75) is 20.3 Å². The Kier molecular flexibility index (Phi) is 5.47. The zero-order valence-corrected chi connectivity index (χ0v) is 7.97. The minimum atomic E-state index is -2.95. The van der Waals surface area contributed by atoms with E-state index in [1.807, 2.05) is 6.92 Å². The fourth-order valence-corrected chi connectivity index (χ4v) is 1.62. The highest BCUT2D eigenvalue weighted by atomic mass is 31.2. The lowest BCUT2D eigenvalue weighted by molar-refractivity contribution is 0.220. The fourth-order valence-electron chi connectivity index (χ4n) is 0.541. The molecule has 0 radical (unpaired) electrons. The van der Waals surface area contributed by atoms with Gasteiger partial charge in [-0.1, -0.05) is 13.5 Å². The topological polar surface area (TPSA) is 35.5 Å². The molecular weight excluding hydrogens is 163 g/mol. The van der Waals surface area contributed by atoms with Crippen molar-refractivity contribution in [3.8, 4) is 0 Å². The Morgan fingerprint density at radius 3 is 2.45 bits per heavy atom. The molecule has 0 bridgehead atoms. The smallest absolute Gasteiger partial charge is 0.306 e. The number of rotatable bonds is 6. The summed E-state index contributed by atoms with van der Waals surface area (Å²) in [4.78, 5) is 0. The Morgan fingerprint density at radius 2 is 2.09 bits per heavy atom. The first-order chi connectivity index (χ1) is 5.18. The van der Waals surface area contributed by atoms with Crippen LogP contribution in [0, 0.1) is 0 Å². The van der Waals surface area contributed by atoms with Crippen LogP contribution in [0.2, 0.25) is 0 Å². The van der Waals surface area contributed by atoms with Crippen molar-refractivity contribution in [2.24, 2.45) is 0 Å². The van der Waals surface area contributed by atoms with E-state index in [9.17, 15) is 4.57 Å². The van der Waals surface area contributed by atoms with Gasteiger partial charge >= 0.3 is 7.60 Å². The fraction of sp³-hybridized carbons (Fsp3) is 0.714. The van der Waals surface area contributed by atoms with Gasteiger partial charge in [0.2, 0.25) is 0 Å². The quantitative estimate of drug-likeness (QED) is 0.586. The summed E-state index contributed by atoms with van der Waals surface area (Å²) in [5, 5.41) is 0. The minimum absolute atomic E-state index is 0.382. The Labute approximate surface area is 67.9 Å². The van der Waals surface area contributed by atoms with Crippen molar-refractivity contribution in [1.82, 2.24) is 0 Å². The standard InChI is InChI=1S/C7H15O3P/c1-4-7-10-11(8,6-3)9-5-2/h6H,3-5,7H2,1-2H3. The lowest BCUT2D eigenvalue weighted by Crippen LogP contribution is -1.93. The Hall–Kier alpha value is -0.110. The summed E-state index contributed by atoms with van der Waals surface area (Å²) >= 11 is 0. The van der Waals surface area contributed by atoms with Gasteiger partial charge in [-0.2, -0.15) is 0 Å². The van der Waals surface area contributed by atoms with Crippen molar-refractivity contribution in [1.29, 1.82) is 0 Å². The molecule has 0 fully saturated rings. The Morgan fingerprint density at radius 1 is 1.45 bits per heavy atom. The van der Waals surface area contributed by atoms with Gasteiger partial charge in [0.1, 0.15) is 0 Å². The van der Waals surface area contributed by atoms with Crippen LogP contribution < -0.4 is 0 Å². The molecule has 1 unspecified atom stereocenters. The van der Waals surface area contributed by atoms with Gasteiger partial charge in [-0.15, -0.1) is 0 Å². The SMILES string of the molecule is C=CP(=O)(OCC)OCCC. The third kappa shape index (κ3) is 4.35. The van der Waals surface area contributed by atoms with E-state index < -0.39 is 7.60 Å². The lowest BCUT2D eigenvalue weighted by atomic mass is 10.5. The minimum Gasteiger partial charge on any atom is -0.306 e. The molecule has 0 heterocycles. The molecule has 0 saturated heterocycles. The highest BCUT2D eigenvalue weighted by Gasteiger charge is 2.17. The summed E-state index contributed by atoms with van der Waals surface area (Å²) in [5.74, 6) is 1.24. The Bertz CT molecular complexity index is 156. The molecule has 0 aliphatic heterocycles. The molecule has 66 valence electrons. The van der Waals surface area contributed by atoms with Crippen LogP contribution >= 0.6 is 7.60 Å². The van der Waals surface area contributed by atoms with Crippen molar-refractivity contribution in [2.75, 3.05) is 13.2 Å². The molecule has 0 aromatic carbocycles. The summed E-state index contributed by atoms with van der Waals surface area (Å²) < 4.78 is 21.3. The molecule has 0 aliphatic rings. The van der Waals surface area contributed by atoms with Gasteiger partial charge in [-0.05, 0) is 13.3 Å². The highest BCUT2D eigenvalue weighted by molar-refractivity contribution is 7.57. The van der Waals surface area contributed by atoms with Crippen molar-refractivity contribution >= 4 is 7.60 Å². The average molecular weight is 178 g/mol. The van der Waals surface area contributed by atoms with Crippen LogP contribution in [0.25, 0.3) is 0 Å². The molecule has 0 N–H and O–H groups in total. The maximum Gasteiger partial charge on any atom is 0.353 e. The van der Waals surface area contributed by atoms with Crippen molar-refractivity contribution < 1.29 is 13.6 Å². The van der Waals surface area contributed by atoms with E-state index in [1.54, 1.807) is 6.92 Å². The van der Waals surface area contributed by atoms with Gasteiger partial charge in [0.25, 0.3) is 0 Å². The van der Waals surface area contributed by atoms with Gasteiger partial charge in [0.05, 0.1) is 13.2 Å². The Balaban J connectivity index is 3.89.